The average Bonchev–Trinajstić information content (AvgIpc) is 2.39. The van der Waals surface area contributed by atoms with E-state index in [0.717, 1.165) is 11.1 Å². The molecule has 0 fully saturated rings. The van der Waals surface area contributed by atoms with Gasteiger partial charge in [-0.25, -0.2) is 0 Å². The summed E-state index contributed by atoms with van der Waals surface area (Å²) >= 11 is 0. The smallest absolute Gasteiger partial charge is 0.109 e. The van der Waals surface area contributed by atoms with E-state index in [-0.39, 0.29) is 0 Å². The molecule has 0 aromatic heterocycles. The van der Waals surface area contributed by atoms with Gasteiger partial charge in [0.05, 0.1) is 0 Å². The summed E-state index contributed by atoms with van der Waals surface area (Å²) in [5.41, 5.74) is 1.44. The van der Waals surface area contributed by atoms with Crippen molar-refractivity contribution in [2.24, 2.45) is 0 Å². The Morgan fingerprint density at radius 2 is 1.19 bits per heavy atom. The van der Waals surface area contributed by atoms with Crippen LogP contribution in [0.5, 0.6) is 0 Å². The molecule has 0 amide bonds. The van der Waals surface area contributed by atoms with Crippen LogP contribution in [-0.2, 0) is 0 Å². The summed E-state index contributed by atoms with van der Waals surface area (Å²) in [7, 11) is 0. The molecular formula is C14H14O2. The molecule has 82 valence electrons. The summed E-state index contributed by atoms with van der Waals surface area (Å²) in [5.74, 6) is 0. The third kappa shape index (κ3) is 2.30. The predicted molar refractivity (Wildman–Crippen MR) is 62.8 cm³/mol. The van der Waals surface area contributed by atoms with Gasteiger partial charge in [-0.05, 0) is 11.1 Å². The van der Waals surface area contributed by atoms with E-state index in [2.05, 4.69) is 0 Å². The van der Waals surface area contributed by atoms with Crippen molar-refractivity contribution in [3.8, 4) is 0 Å². The highest BCUT2D eigenvalue weighted by molar-refractivity contribution is 5.24. The lowest BCUT2D eigenvalue weighted by Crippen LogP contribution is -2.09. The Kier molecular flexibility index (Phi) is 3.34. The molecule has 2 heteroatoms. The van der Waals surface area contributed by atoms with Crippen molar-refractivity contribution < 1.29 is 10.2 Å². The van der Waals surface area contributed by atoms with Crippen molar-refractivity contribution in [3.05, 3.63) is 71.8 Å². The van der Waals surface area contributed by atoms with Crippen LogP contribution in [0, 0.1) is 0 Å². The largest absolute Gasteiger partial charge is 0.385 e. The van der Waals surface area contributed by atoms with Crippen LogP contribution in [0.3, 0.4) is 0 Å². The zero-order valence-electron chi connectivity index (χ0n) is 8.82. The van der Waals surface area contributed by atoms with E-state index in [9.17, 15) is 10.2 Å². The number of hydrogen-bond donors (Lipinski definition) is 2. The van der Waals surface area contributed by atoms with Crippen LogP contribution >= 0.6 is 0 Å². The molecular weight excluding hydrogens is 202 g/mol. The van der Waals surface area contributed by atoms with Gasteiger partial charge < -0.3 is 10.2 Å². The van der Waals surface area contributed by atoms with Gasteiger partial charge in [-0.15, -0.1) is 0 Å². The van der Waals surface area contributed by atoms with Gasteiger partial charge in [-0.2, -0.15) is 0 Å². The van der Waals surface area contributed by atoms with Gasteiger partial charge in [-0.3, -0.25) is 0 Å². The summed E-state index contributed by atoms with van der Waals surface area (Å²) in [6.45, 7) is 0. The van der Waals surface area contributed by atoms with Crippen molar-refractivity contribution in [3.63, 3.8) is 0 Å². The molecule has 0 saturated heterocycles. The van der Waals surface area contributed by atoms with E-state index in [0.29, 0.717) is 0 Å². The molecule has 0 saturated carbocycles. The van der Waals surface area contributed by atoms with Crippen LogP contribution in [0.15, 0.2) is 60.7 Å². The molecule has 0 aliphatic rings. The third-order valence-electron chi connectivity index (χ3n) is 2.58. The Balaban J connectivity index is 2.20. The van der Waals surface area contributed by atoms with Gasteiger partial charge in [0.2, 0.25) is 0 Å². The fourth-order valence-corrected chi connectivity index (χ4v) is 1.67. The maximum absolute atomic E-state index is 9.99. The molecule has 2 aromatic carbocycles. The fourth-order valence-electron chi connectivity index (χ4n) is 1.67. The minimum atomic E-state index is -0.886. The Labute approximate surface area is 94.8 Å². The second kappa shape index (κ2) is 4.92. The number of hydrogen-bond acceptors (Lipinski definition) is 2. The van der Waals surface area contributed by atoms with Crippen molar-refractivity contribution in [1.29, 1.82) is 0 Å². The fraction of sp³-hybridized carbons (Fsp3) is 0.143. The van der Waals surface area contributed by atoms with Gasteiger partial charge in [-0.1, -0.05) is 60.7 Å². The highest BCUT2D eigenvalue weighted by atomic mass is 18.2. The van der Waals surface area contributed by atoms with Gasteiger partial charge >= 0.3 is 0 Å². The summed E-state index contributed by atoms with van der Waals surface area (Å²) < 4.78 is 0. The molecule has 0 aliphatic heterocycles. The van der Waals surface area contributed by atoms with Crippen molar-refractivity contribution in [2.45, 2.75) is 12.2 Å². The van der Waals surface area contributed by atoms with Crippen LogP contribution in [0.4, 0.5) is 0 Å². The van der Waals surface area contributed by atoms with Crippen molar-refractivity contribution in [2.75, 3.05) is 0 Å². The summed E-state index contributed by atoms with van der Waals surface area (Å²) in [4.78, 5) is 0. The number of aliphatic hydroxyl groups is 2. The zero-order chi connectivity index (χ0) is 11.4. The van der Waals surface area contributed by atoms with E-state index in [1.54, 1.807) is 24.3 Å². The van der Waals surface area contributed by atoms with Gasteiger partial charge in [0, 0.05) is 0 Å². The average molecular weight is 216 g/mol. The summed E-state index contributed by atoms with van der Waals surface area (Å²) in [6.07, 6.45) is -1.77. The minimum absolute atomic E-state index is 0.721. The maximum atomic E-state index is 9.99. The summed E-state index contributed by atoms with van der Waals surface area (Å²) in [6, 6.07) is 18.3. The molecule has 2 nitrogen and oxygen atoms in total. The van der Waals surface area contributed by atoms with E-state index in [4.69, 9.17) is 0 Å². The molecule has 0 aliphatic carbocycles. The Morgan fingerprint density at radius 1 is 0.750 bits per heavy atom. The highest BCUT2D eigenvalue weighted by Gasteiger charge is 2.19. The lowest BCUT2D eigenvalue weighted by molar-refractivity contribution is 0.0172. The monoisotopic (exact) mass is 216 g/mol. The molecule has 2 aromatic rings. The minimum Gasteiger partial charge on any atom is -0.385 e. The number of rotatable bonds is 3. The van der Waals surface area contributed by atoms with E-state index in [1.807, 2.05) is 36.4 Å². The van der Waals surface area contributed by atoms with Gasteiger partial charge in [0.25, 0.3) is 0 Å². The normalized spacial score (nSPS) is 14.4. The Hall–Kier alpha value is -1.64. The van der Waals surface area contributed by atoms with Crippen molar-refractivity contribution >= 4 is 0 Å². The van der Waals surface area contributed by atoms with E-state index < -0.39 is 12.2 Å². The van der Waals surface area contributed by atoms with Crippen LogP contribution in [0.1, 0.15) is 23.3 Å². The van der Waals surface area contributed by atoms with Crippen LogP contribution in [-0.4, -0.2) is 10.2 Å². The molecule has 0 bridgehead atoms. The number of benzene rings is 2. The first-order chi connectivity index (χ1) is 7.79. The van der Waals surface area contributed by atoms with Crippen LogP contribution in [0.2, 0.25) is 0 Å². The Morgan fingerprint density at radius 3 is 1.69 bits per heavy atom. The SMILES string of the molecule is O[C@H](c1ccccc1)[C@@H]([18OH])c1ccccc1. The summed E-state index contributed by atoms with van der Waals surface area (Å²) in [5, 5.41) is 20.0. The molecule has 0 radical (unpaired) electrons. The Bertz CT molecular complexity index is 382. The maximum Gasteiger partial charge on any atom is 0.109 e. The molecule has 2 atom stereocenters. The van der Waals surface area contributed by atoms with Gasteiger partial charge in [0.15, 0.2) is 0 Å². The zero-order valence-corrected chi connectivity index (χ0v) is 8.82. The second-order valence-corrected chi connectivity index (χ2v) is 3.71. The third-order valence-corrected chi connectivity index (χ3v) is 2.58. The first kappa shape index (κ1) is 10.9. The van der Waals surface area contributed by atoms with Crippen LogP contribution < -0.4 is 0 Å². The van der Waals surface area contributed by atoms with Crippen LogP contribution in [0.25, 0.3) is 0 Å². The highest BCUT2D eigenvalue weighted by Crippen LogP contribution is 2.27. The van der Waals surface area contributed by atoms with E-state index in [1.165, 1.54) is 0 Å². The van der Waals surface area contributed by atoms with Crippen molar-refractivity contribution in [1.82, 2.24) is 0 Å². The molecule has 0 unspecified atom stereocenters. The molecule has 2 N–H and O–H groups in total. The molecule has 0 spiro atoms. The van der Waals surface area contributed by atoms with Gasteiger partial charge in [0.1, 0.15) is 12.2 Å². The standard InChI is InChI=1S/C14H14O2/c15-13(11-7-3-1-4-8-11)14(16)12-9-5-2-6-10-12/h1-10,13-16H/t13-,14+/i15+2/m0/s1. The molecule has 2 rings (SSSR count). The number of aliphatic hydroxyl groups excluding tert-OH is 2. The topological polar surface area (TPSA) is 40.5 Å². The quantitative estimate of drug-likeness (QED) is 0.774. The molecule has 16 heavy (non-hydrogen) atoms. The first-order valence-electron chi connectivity index (χ1n) is 5.25. The lowest BCUT2D eigenvalue weighted by atomic mass is 9.99. The predicted octanol–water partition coefficient (Wildman–Crippen LogP) is 2.45. The lowest BCUT2D eigenvalue weighted by Gasteiger charge is -2.18. The first-order valence-corrected chi connectivity index (χ1v) is 5.25. The second-order valence-electron chi connectivity index (χ2n) is 3.71. The van der Waals surface area contributed by atoms with E-state index >= 15 is 0 Å². The molecule has 0 heterocycles.